The lowest BCUT2D eigenvalue weighted by Gasteiger charge is -2.21. The molecule has 0 radical (unpaired) electrons. The first-order valence-corrected chi connectivity index (χ1v) is 8.16. The minimum absolute atomic E-state index is 0.0215. The molecule has 3 rings (SSSR count). The van der Waals surface area contributed by atoms with Crippen molar-refractivity contribution in [2.75, 3.05) is 25.1 Å². The molecule has 0 aliphatic carbocycles. The zero-order valence-corrected chi connectivity index (χ0v) is 14.2. The standard InChI is InChI=1S/C18H20N2O5/c1-3-23-17-11-14(5-6-15(17)20(21)22)19-12(2)13-4-7-16-18(10-13)25-9-8-24-16/h4-7,10-12,19H,3,8-9H2,1-2H3. The zero-order chi connectivity index (χ0) is 17.8. The van der Waals surface area contributed by atoms with Crippen LogP contribution in [-0.2, 0) is 0 Å². The Labute approximate surface area is 145 Å². The van der Waals surface area contributed by atoms with Gasteiger partial charge in [-0.3, -0.25) is 10.1 Å². The summed E-state index contributed by atoms with van der Waals surface area (Å²) < 4.78 is 16.5. The predicted molar refractivity (Wildman–Crippen MR) is 93.7 cm³/mol. The first kappa shape index (κ1) is 16.9. The van der Waals surface area contributed by atoms with Crippen molar-refractivity contribution in [1.82, 2.24) is 0 Å². The molecule has 2 aromatic rings. The van der Waals surface area contributed by atoms with Gasteiger partial charge in [0.05, 0.1) is 11.5 Å². The normalized spacial score (nSPS) is 13.8. The van der Waals surface area contributed by atoms with Crippen molar-refractivity contribution < 1.29 is 19.1 Å². The van der Waals surface area contributed by atoms with E-state index in [2.05, 4.69) is 5.32 Å². The number of nitro groups is 1. The van der Waals surface area contributed by atoms with Crippen LogP contribution >= 0.6 is 0 Å². The van der Waals surface area contributed by atoms with E-state index in [1.165, 1.54) is 6.07 Å². The third-order valence-electron chi connectivity index (χ3n) is 3.91. The second-order valence-corrected chi connectivity index (χ2v) is 5.64. The molecule has 132 valence electrons. The summed E-state index contributed by atoms with van der Waals surface area (Å²) in [5, 5.41) is 14.4. The van der Waals surface area contributed by atoms with E-state index in [1.54, 1.807) is 19.1 Å². The maximum absolute atomic E-state index is 11.1. The average molecular weight is 344 g/mol. The van der Waals surface area contributed by atoms with Crippen LogP contribution in [0.15, 0.2) is 36.4 Å². The van der Waals surface area contributed by atoms with Crippen molar-refractivity contribution in [2.45, 2.75) is 19.9 Å². The van der Waals surface area contributed by atoms with E-state index < -0.39 is 4.92 Å². The number of anilines is 1. The molecule has 2 aromatic carbocycles. The quantitative estimate of drug-likeness (QED) is 0.631. The molecule has 1 aliphatic heterocycles. The Bertz CT molecular complexity index is 778. The second-order valence-electron chi connectivity index (χ2n) is 5.64. The molecule has 1 N–H and O–H groups in total. The van der Waals surface area contributed by atoms with Gasteiger partial charge in [-0.25, -0.2) is 0 Å². The van der Waals surface area contributed by atoms with Crippen LogP contribution in [-0.4, -0.2) is 24.7 Å². The minimum atomic E-state index is -0.445. The minimum Gasteiger partial charge on any atom is -0.487 e. The van der Waals surface area contributed by atoms with Crippen molar-refractivity contribution in [3.63, 3.8) is 0 Å². The molecule has 0 bridgehead atoms. The highest BCUT2D eigenvalue weighted by Gasteiger charge is 2.17. The van der Waals surface area contributed by atoms with Gasteiger partial charge in [0.1, 0.15) is 13.2 Å². The lowest BCUT2D eigenvalue weighted by Crippen LogP contribution is -2.16. The summed E-state index contributed by atoms with van der Waals surface area (Å²) in [5.41, 5.74) is 1.73. The molecule has 0 aromatic heterocycles. The fourth-order valence-electron chi connectivity index (χ4n) is 2.69. The molecule has 1 atom stereocenters. The van der Waals surface area contributed by atoms with Crippen molar-refractivity contribution in [3.05, 3.63) is 52.1 Å². The van der Waals surface area contributed by atoms with Gasteiger partial charge < -0.3 is 19.5 Å². The molecular weight excluding hydrogens is 324 g/mol. The molecule has 1 heterocycles. The molecule has 0 spiro atoms. The Kier molecular flexibility index (Phi) is 4.92. The van der Waals surface area contributed by atoms with Gasteiger partial charge in [0.15, 0.2) is 17.2 Å². The molecule has 7 nitrogen and oxygen atoms in total. The molecule has 1 aliphatic rings. The lowest BCUT2D eigenvalue weighted by atomic mass is 10.1. The zero-order valence-electron chi connectivity index (χ0n) is 14.2. The van der Waals surface area contributed by atoms with Crippen LogP contribution in [0.4, 0.5) is 11.4 Å². The van der Waals surface area contributed by atoms with Crippen LogP contribution in [0, 0.1) is 10.1 Å². The first-order valence-electron chi connectivity index (χ1n) is 8.16. The Hall–Kier alpha value is -2.96. The van der Waals surface area contributed by atoms with Gasteiger partial charge in [-0.1, -0.05) is 6.07 Å². The van der Waals surface area contributed by atoms with Crippen molar-refractivity contribution >= 4 is 11.4 Å². The molecule has 0 fully saturated rings. The van der Waals surface area contributed by atoms with Gasteiger partial charge in [-0.05, 0) is 37.6 Å². The monoisotopic (exact) mass is 344 g/mol. The Morgan fingerprint density at radius 3 is 2.68 bits per heavy atom. The van der Waals surface area contributed by atoms with E-state index in [9.17, 15) is 10.1 Å². The van der Waals surface area contributed by atoms with Gasteiger partial charge in [-0.15, -0.1) is 0 Å². The number of rotatable bonds is 6. The predicted octanol–water partition coefficient (Wildman–Crippen LogP) is 3.94. The molecule has 25 heavy (non-hydrogen) atoms. The summed E-state index contributed by atoms with van der Waals surface area (Å²) in [4.78, 5) is 10.6. The topological polar surface area (TPSA) is 82.9 Å². The summed E-state index contributed by atoms with van der Waals surface area (Å²) >= 11 is 0. The second kappa shape index (κ2) is 7.29. The smallest absolute Gasteiger partial charge is 0.311 e. The maximum atomic E-state index is 11.1. The summed E-state index contributed by atoms with van der Waals surface area (Å²) in [7, 11) is 0. The van der Waals surface area contributed by atoms with Crippen LogP contribution in [0.5, 0.6) is 17.2 Å². The van der Waals surface area contributed by atoms with E-state index in [0.29, 0.717) is 19.8 Å². The highest BCUT2D eigenvalue weighted by atomic mass is 16.6. The van der Waals surface area contributed by atoms with Crippen LogP contribution < -0.4 is 19.5 Å². The van der Waals surface area contributed by atoms with E-state index in [0.717, 1.165) is 22.7 Å². The summed E-state index contributed by atoms with van der Waals surface area (Å²) in [6.07, 6.45) is 0. The fourth-order valence-corrected chi connectivity index (χ4v) is 2.69. The molecule has 0 amide bonds. The number of benzene rings is 2. The van der Waals surface area contributed by atoms with E-state index in [4.69, 9.17) is 14.2 Å². The van der Waals surface area contributed by atoms with Gasteiger partial charge in [0.2, 0.25) is 0 Å². The number of fused-ring (bicyclic) bond motifs is 1. The highest BCUT2D eigenvalue weighted by Crippen LogP contribution is 2.35. The highest BCUT2D eigenvalue weighted by molar-refractivity contribution is 5.59. The van der Waals surface area contributed by atoms with E-state index in [1.807, 2.05) is 25.1 Å². The largest absolute Gasteiger partial charge is 0.487 e. The van der Waals surface area contributed by atoms with Gasteiger partial charge in [0.25, 0.3) is 0 Å². The number of nitro benzene ring substituents is 1. The summed E-state index contributed by atoms with van der Waals surface area (Å²) in [6, 6.07) is 10.6. The lowest BCUT2D eigenvalue weighted by molar-refractivity contribution is -0.385. The van der Waals surface area contributed by atoms with Crippen LogP contribution in [0.25, 0.3) is 0 Å². The number of hydrogen-bond acceptors (Lipinski definition) is 6. The third kappa shape index (κ3) is 3.76. The number of ether oxygens (including phenoxy) is 3. The molecular formula is C18H20N2O5. The Morgan fingerprint density at radius 2 is 1.96 bits per heavy atom. The maximum Gasteiger partial charge on any atom is 0.311 e. The molecule has 0 saturated heterocycles. The van der Waals surface area contributed by atoms with Crippen molar-refractivity contribution in [1.29, 1.82) is 0 Å². The molecule has 1 unspecified atom stereocenters. The number of hydrogen-bond donors (Lipinski definition) is 1. The fraction of sp³-hybridized carbons (Fsp3) is 0.333. The van der Waals surface area contributed by atoms with Gasteiger partial charge in [-0.2, -0.15) is 0 Å². The van der Waals surface area contributed by atoms with Crippen LogP contribution in [0.2, 0.25) is 0 Å². The summed E-state index contributed by atoms with van der Waals surface area (Å²) in [5.74, 6) is 1.74. The molecule has 7 heteroatoms. The van der Waals surface area contributed by atoms with E-state index >= 15 is 0 Å². The average Bonchev–Trinajstić information content (AvgIpc) is 2.61. The number of nitrogens with one attached hydrogen (secondary N) is 1. The van der Waals surface area contributed by atoms with Gasteiger partial charge in [0, 0.05) is 23.9 Å². The SMILES string of the molecule is CCOc1cc(NC(C)c2ccc3c(c2)OCCO3)ccc1[N+](=O)[O-]. The summed E-state index contributed by atoms with van der Waals surface area (Å²) in [6.45, 7) is 5.26. The van der Waals surface area contributed by atoms with E-state index in [-0.39, 0.29) is 17.5 Å². The number of nitrogens with zero attached hydrogens (tertiary/aromatic N) is 1. The van der Waals surface area contributed by atoms with Gasteiger partial charge >= 0.3 is 5.69 Å². The third-order valence-corrected chi connectivity index (χ3v) is 3.91. The first-order chi connectivity index (χ1) is 12.1. The van der Waals surface area contributed by atoms with Crippen molar-refractivity contribution in [2.24, 2.45) is 0 Å². The van der Waals surface area contributed by atoms with Crippen molar-refractivity contribution in [3.8, 4) is 17.2 Å². The van der Waals surface area contributed by atoms with Crippen LogP contribution in [0.1, 0.15) is 25.5 Å². The Morgan fingerprint density at radius 1 is 1.20 bits per heavy atom. The molecule has 0 saturated carbocycles. The van der Waals surface area contributed by atoms with Crippen LogP contribution in [0.3, 0.4) is 0 Å². The Balaban J connectivity index is 1.79.